The Morgan fingerprint density at radius 1 is 1.12 bits per heavy atom. The first-order chi connectivity index (χ1) is 15.5. The maximum absolute atomic E-state index is 5.53. The molecule has 2 unspecified atom stereocenters. The summed E-state index contributed by atoms with van der Waals surface area (Å²) in [5, 5.41) is 7.20. The lowest BCUT2D eigenvalue weighted by atomic mass is 10.0. The summed E-state index contributed by atoms with van der Waals surface area (Å²) in [6, 6.07) is 6.94. The van der Waals surface area contributed by atoms with E-state index in [-0.39, 0.29) is 24.0 Å². The van der Waals surface area contributed by atoms with Gasteiger partial charge in [0.15, 0.2) is 5.96 Å². The van der Waals surface area contributed by atoms with Crippen LogP contribution in [0.2, 0.25) is 0 Å². The quantitative estimate of drug-likeness (QED) is 0.266. The van der Waals surface area contributed by atoms with E-state index in [2.05, 4.69) is 51.4 Å². The highest BCUT2D eigenvalue weighted by molar-refractivity contribution is 14.0. The van der Waals surface area contributed by atoms with Crippen LogP contribution in [0.15, 0.2) is 23.2 Å². The fraction of sp³-hybridized carbons (Fsp3) is 0.708. The van der Waals surface area contributed by atoms with Gasteiger partial charge in [-0.3, -0.25) is 14.8 Å². The lowest BCUT2D eigenvalue weighted by Gasteiger charge is -2.37. The molecular formula is C24H42IN5O3. The number of nitrogens with zero attached hydrogens (tertiary/aromatic N) is 3. The second-order valence-corrected chi connectivity index (χ2v) is 9.00. The smallest absolute Gasteiger partial charge is 0.191 e. The SMILES string of the molecule is CN=C(NCC(C(C)C)N1CCOCC1)NC1CCN(Cc2cc(OC)cc(OC)c2)C1.I. The van der Waals surface area contributed by atoms with E-state index in [1.165, 1.54) is 5.56 Å². The van der Waals surface area contributed by atoms with E-state index in [9.17, 15) is 0 Å². The molecule has 2 N–H and O–H groups in total. The first kappa shape index (κ1) is 27.9. The third-order valence-electron chi connectivity index (χ3n) is 6.42. The van der Waals surface area contributed by atoms with Gasteiger partial charge in [0, 0.05) is 64.5 Å². The Labute approximate surface area is 216 Å². The Morgan fingerprint density at radius 3 is 2.36 bits per heavy atom. The first-order valence-electron chi connectivity index (χ1n) is 11.8. The lowest BCUT2D eigenvalue weighted by Crippen LogP contribution is -2.53. The van der Waals surface area contributed by atoms with Crippen LogP contribution in [0, 0.1) is 5.92 Å². The van der Waals surface area contributed by atoms with Crippen molar-refractivity contribution in [2.24, 2.45) is 10.9 Å². The van der Waals surface area contributed by atoms with Crippen LogP contribution >= 0.6 is 24.0 Å². The zero-order valence-electron chi connectivity index (χ0n) is 20.8. The van der Waals surface area contributed by atoms with Gasteiger partial charge in [-0.2, -0.15) is 0 Å². The molecule has 8 nitrogen and oxygen atoms in total. The van der Waals surface area contributed by atoms with Gasteiger partial charge in [0.2, 0.25) is 0 Å². The molecular weight excluding hydrogens is 533 g/mol. The van der Waals surface area contributed by atoms with E-state index in [0.29, 0.717) is 18.0 Å². The monoisotopic (exact) mass is 575 g/mol. The van der Waals surface area contributed by atoms with Gasteiger partial charge in [-0.15, -0.1) is 24.0 Å². The van der Waals surface area contributed by atoms with Crippen molar-refractivity contribution in [3.63, 3.8) is 0 Å². The van der Waals surface area contributed by atoms with Crippen molar-refractivity contribution >= 4 is 29.9 Å². The number of ether oxygens (including phenoxy) is 3. The van der Waals surface area contributed by atoms with Gasteiger partial charge in [0.25, 0.3) is 0 Å². The van der Waals surface area contributed by atoms with Crippen molar-refractivity contribution in [1.82, 2.24) is 20.4 Å². The molecule has 1 aromatic carbocycles. The first-order valence-corrected chi connectivity index (χ1v) is 11.8. The Balaban J connectivity index is 0.00000385. The predicted octanol–water partition coefficient (Wildman–Crippen LogP) is 2.42. The van der Waals surface area contributed by atoms with Crippen LogP contribution in [-0.4, -0.2) is 95.0 Å². The van der Waals surface area contributed by atoms with E-state index >= 15 is 0 Å². The van der Waals surface area contributed by atoms with Crippen LogP contribution in [0.4, 0.5) is 0 Å². The van der Waals surface area contributed by atoms with Crippen molar-refractivity contribution in [2.75, 3.05) is 67.2 Å². The molecule has 188 valence electrons. The van der Waals surface area contributed by atoms with Gasteiger partial charge in [0.05, 0.1) is 27.4 Å². The van der Waals surface area contributed by atoms with Crippen LogP contribution in [-0.2, 0) is 11.3 Å². The molecule has 2 aliphatic rings. The molecule has 0 radical (unpaired) electrons. The molecule has 3 rings (SSSR count). The number of hydrogen-bond donors (Lipinski definition) is 2. The number of methoxy groups -OCH3 is 2. The second-order valence-electron chi connectivity index (χ2n) is 9.00. The van der Waals surface area contributed by atoms with Gasteiger partial charge < -0.3 is 24.8 Å². The molecule has 9 heteroatoms. The van der Waals surface area contributed by atoms with Crippen LogP contribution in [0.3, 0.4) is 0 Å². The van der Waals surface area contributed by atoms with Crippen LogP contribution in [0.1, 0.15) is 25.8 Å². The summed E-state index contributed by atoms with van der Waals surface area (Å²) in [7, 11) is 5.23. The molecule has 2 atom stereocenters. The van der Waals surface area contributed by atoms with Gasteiger partial charge in [-0.05, 0) is 30.0 Å². The Bertz CT molecular complexity index is 721. The van der Waals surface area contributed by atoms with Gasteiger partial charge in [-0.1, -0.05) is 13.8 Å². The molecule has 33 heavy (non-hydrogen) atoms. The molecule has 0 aliphatic carbocycles. The van der Waals surface area contributed by atoms with Gasteiger partial charge in [-0.25, -0.2) is 0 Å². The average molecular weight is 576 g/mol. The third kappa shape index (κ3) is 8.45. The second kappa shape index (κ2) is 14.2. The number of nitrogens with one attached hydrogen (secondary N) is 2. The van der Waals surface area contributed by atoms with Gasteiger partial charge in [0.1, 0.15) is 11.5 Å². The molecule has 1 aromatic rings. The number of morpholine rings is 1. The normalized spacial score (nSPS) is 20.9. The summed E-state index contributed by atoms with van der Waals surface area (Å²) in [5.74, 6) is 3.12. The number of rotatable bonds is 9. The molecule has 0 amide bonds. The van der Waals surface area contributed by atoms with Gasteiger partial charge >= 0.3 is 0 Å². The van der Waals surface area contributed by atoms with Crippen molar-refractivity contribution < 1.29 is 14.2 Å². The van der Waals surface area contributed by atoms with E-state index in [4.69, 9.17) is 14.2 Å². The number of aliphatic imine (C=N–C) groups is 1. The Kier molecular flexibility index (Phi) is 12.0. The minimum Gasteiger partial charge on any atom is -0.497 e. The van der Waals surface area contributed by atoms with E-state index in [1.54, 1.807) is 14.2 Å². The highest BCUT2D eigenvalue weighted by Crippen LogP contribution is 2.24. The average Bonchev–Trinajstić information content (AvgIpc) is 3.25. The topological polar surface area (TPSA) is 70.6 Å². The Morgan fingerprint density at radius 2 is 1.79 bits per heavy atom. The highest BCUT2D eigenvalue weighted by atomic mass is 127. The number of hydrogen-bond acceptors (Lipinski definition) is 6. The van der Waals surface area contributed by atoms with Crippen molar-refractivity contribution in [1.29, 1.82) is 0 Å². The zero-order valence-corrected chi connectivity index (χ0v) is 23.1. The minimum absolute atomic E-state index is 0. The zero-order chi connectivity index (χ0) is 22.9. The van der Waals surface area contributed by atoms with Crippen LogP contribution < -0.4 is 20.1 Å². The maximum atomic E-state index is 5.53. The fourth-order valence-corrected chi connectivity index (χ4v) is 4.59. The minimum atomic E-state index is 0. The van der Waals surface area contributed by atoms with Crippen molar-refractivity contribution in [2.45, 2.75) is 38.9 Å². The lowest BCUT2D eigenvalue weighted by molar-refractivity contribution is 0.00751. The highest BCUT2D eigenvalue weighted by Gasteiger charge is 2.26. The maximum Gasteiger partial charge on any atom is 0.191 e. The summed E-state index contributed by atoms with van der Waals surface area (Å²) in [6.07, 6.45) is 1.10. The molecule has 2 heterocycles. The Hall–Kier alpha value is -1.30. The van der Waals surface area contributed by atoms with E-state index in [1.807, 2.05) is 13.1 Å². The summed E-state index contributed by atoms with van der Waals surface area (Å²) in [4.78, 5) is 9.48. The number of benzene rings is 1. The summed E-state index contributed by atoms with van der Waals surface area (Å²) >= 11 is 0. The molecule has 0 spiro atoms. The number of halogens is 1. The largest absolute Gasteiger partial charge is 0.497 e. The molecule has 2 aliphatic heterocycles. The predicted molar refractivity (Wildman–Crippen MR) is 144 cm³/mol. The van der Waals surface area contributed by atoms with E-state index < -0.39 is 0 Å². The van der Waals surface area contributed by atoms with E-state index in [0.717, 1.165) is 76.4 Å². The van der Waals surface area contributed by atoms with Crippen LogP contribution in [0.25, 0.3) is 0 Å². The van der Waals surface area contributed by atoms with Crippen molar-refractivity contribution in [3.8, 4) is 11.5 Å². The molecule has 2 saturated heterocycles. The molecule has 0 saturated carbocycles. The van der Waals surface area contributed by atoms with Crippen molar-refractivity contribution in [3.05, 3.63) is 23.8 Å². The summed E-state index contributed by atoms with van der Waals surface area (Å²) in [5.41, 5.74) is 1.20. The molecule has 0 aromatic heterocycles. The standard InChI is InChI=1S/C24H41N5O3.HI/c1-18(2)23(29-8-10-32-11-9-29)15-26-24(25-3)27-20-6-7-28(17-20)16-19-12-21(30-4)14-22(13-19)31-5;/h12-14,18,20,23H,6-11,15-17H2,1-5H3,(H2,25,26,27);1H. The van der Waals surface area contributed by atoms with Crippen LogP contribution in [0.5, 0.6) is 11.5 Å². The molecule has 0 bridgehead atoms. The number of guanidine groups is 1. The number of likely N-dealkylation sites (tertiary alicyclic amines) is 1. The molecule has 2 fully saturated rings. The summed E-state index contributed by atoms with van der Waals surface area (Å²) < 4.78 is 16.3. The summed E-state index contributed by atoms with van der Waals surface area (Å²) in [6.45, 7) is 12.0. The third-order valence-corrected chi connectivity index (χ3v) is 6.42. The fourth-order valence-electron chi connectivity index (χ4n) is 4.59.